The molecule has 170 valence electrons. The highest BCUT2D eigenvalue weighted by Crippen LogP contribution is 2.24. The summed E-state index contributed by atoms with van der Waals surface area (Å²) in [4.78, 5) is 12.6. The number of hydrogen-bond donors (Lipinski definition) is 1. The van der Waals surface area contributed by atoms with Crippen LogP contribution in [-0.4, -0.2) is 44.9 Å². The molecule has 0 aromatic heterocycles. The van der Waals surface area contributed by atoms with E-state index in [1.54, 1.807) is 48.5 Å². The first-order valence-electron chi connectivity index (χ1n) is 10.5. The number of nitrogens with zero attached hydrogens (tertiary/aromatic N) is 1. The molecule has 0 atom stereocenters. The molecule has 1 amide bonds. The predicted octanol–water partition coefficient (Wildman–Crippen LogP) is 4.15. The van der Waals surface area contributed by atoms with Crippen molar-refractivity contribution < 1.29 is 22.7 Å². The fraction of sp³-hybridized carbons (Fsp3) is 0.160. The van der Waals surface area contributed by atoms with Crippen molar-refractivity contribution in [3.63, 3.8) is 0 Å². The van der Waals surface area contributed by atoms with E-state index in [0.29, 0.717) is 49.1 Å². The molecular formula is C25H24N2O5S. The van der Waals surface area contributed by atoms with Crippen LogP contribution in [0.2, 0.25) is 0 Å². The summed E-state index contributed by atoms with van der Waals surface area (Å²) in [5.74, 6) is 1.01. The first-order valence-corrected chi connectivity index (χ1v) is 11.9. The second-order valence-electron chi connectivity index (χ2n) is 7.35. The van der Waals surface area contributed by atoms with Crippen molar-refractivity contribution >= 4 is 27.7 Å². The summed E-state index contributed by atoms with van der Waals surface area (Å²) < 4.78 is 37.8. The van der Waals surface area contributed by atoms with Crippen molar-refractivity contribution in [2.45, 2.75) is 4.90 Å². The molecule has 0 bridgehead atoms. The molecule has 1 aliphatic heterocycles. The van der Waals surface area contributed by atoms with Crippen molar-refractivity contribution in [2.75, 3.05) is 31.6 Å². The topological polar surface area (TPSA) is 84.9 Å². The molecule has 8 heteroatoms. The van der Waals surface area contributed by atoms with Gasteiger partial charge in [-0.15, -0.1) is 0 Å². The zero-order valence-corrected chi connectivity index (χ0v) is 18.7. The van der Waals surface area contributed by atoms with Gasteiger partial charge in [-0.05, 0) is 48.0 Å². The number of rotatable bonds is 7. The Bertz CT molecular complexity index is 1220. The normalized spacial score (nSPS) is 14.8. The highest BCUT2D eigenvalue weighted by atomic mass is 32.2. The van der Waals surface area contributed by atoms with Crippen LogP contribution in [0.3, 0.4) is 0 Å². The number of amides is 1. The molecule has 0 unspecified atom stereocenters. The van der Waals surface area contributed by atoms with Crippen molar-refractivity contribution in [1.29, 1.82) is 0 Å². The van der Waals surface area contributed by atoms with Crippen LogP contribution in [0.15, 0.2) is 89.8 Å². The van der Waals surface area contributed by atoms with E-state index in [4.69, 9.17) is 9.47 Å². The van der Waals surface area contributed by atoms with Crippen LogP contribution in [0.1, 0.15) is 5.56 Å². The van der Waals surface area contributed by atoms with Crippen LogP contribution in [-0.2, 0) is 19.6 Å². The maximum Gasteiger partial charge on any atom is 0.248 e. The number of para-hydroxylation sites is 1. The predicted molar refractivity (Wildman–Crippen MR) is 127 cm³/mol. The number of hydrogen-bond acceptors (Lipinski definition) is 5. The van der Waals surface area contributed by atoms with Gasteiger partial charge in [0.2, 0.25) is 15.9 Å². The average molecular weight is 465 g/mol. The van der Waals surface area contributed by atoms with E-state index >= 15 is 0 Å². The lowest BCUT2D eigenvalue weighted by molar-refractivity contribution is -0.111. The summed E-state index contributed by atoms with van der Waals surface area (Å²) >= 11 is 0. The van der Waals surface area contributed by atoms with Crippen molar-refractivity contribution in [2.24, 2.45) is 0 Å². The van der Waals surface area contributed by atoms with Crippen LogP contribution in [0.5, 0.6) is 11.5 Å². The lowest BCUT2D eigenvalue weighted by Crippen LogP contribution is -2.40. The molecule has 3 aromatic rings. The molecule has 0 aliphatic carbocycles. The fourth-order valence-corrected chi connectivity index (χ4v) is 4.71. The second-order valence-corrected chi connectivity index (χ2v) is 9.29. The molecule has 33 heavy (non-hydrogen) atoms. The van der Waals surface area contributed by atoms with E-state index in [-0.39, 0.29) is 10.8 Å². The van der Waals surface area contributed by atoms with E-state index in [1.165, 1.54) is 10.4 Å². The molecule has 1 heterocycles. The summed E-state index contributed by atoms with van der Waals surface area (Å²) in [6.07, 6.45) is 3.03. The van der Waals surface area contributed by atoms with Gasteiger partial charge in [-0.1, -0.05) is 36.4 Å². The zero-order chi connectivity index (χ0) is 23.1. The van der Waals surface area contributed by atoms with Gasteiger partial charge in [-0.3, -0.25) is 4.79 Å². The third-order valence-corrected chi connectivity index (χ3v) is 6.91. The SMILES string of the molecule is O=C(/C=C/c1ccc(S(=O)(=O)N2CCOCC2)cc1)Nc1cccc(Oc2ccccc2)c1. The van der Waals surface area contributed by atoms with E-state index in [1.807, 2.05) is 36.4 Å². The maximum atomic E-state index is 12.7. The van der Waals surface area contributed by atoms with Gasteiger partial charge in [0.05, 0.1) is 18.1 Å². The minimum absolute atomic E-state index is 0.223. The van der Waals surface area contributed by atoms with Gasteiger partial charge >= 0.3 is 0 Å². The van der Waals surface area contributed by atoms with Gasteiger partial charge in [0.1, 0.15) is 11.5 Å². The Morgan fingerprint density at radius 2 is 1.61 bits per heavy atom. The van der Waals surface area contributed by atoms with Crippen LogP contribution < -0.4 is 10.1 Å². The lowest BCUT2D eigenvalue weighted by Gasteiger charge is -2.26. The third kappa shape index (κ3) is 6.07. The number of benzene rings is 3. The van der Waals surface area contributed by atoms with E-state index in [0.717, 1.165) is 0 Å². The fourth-order valence-electron chi connectivity index (χ4n) is 3.30. The van der Waals surface area contributed by atoms with Crippen LogP contribution >= 0.6 is 0 Å². The Kier molecular flexibility index (Phi) is 7.19. The molecule has 1 fully saturated rings. The van der Waals surface area contributed by atoms with Crippen molar-refractivity contribution in [3.8, 4) is 11.5 Å². The number of ether oxygens (including phenoxy) is 2. The number of morpholine rings is 1. The number of nitrogens with one attached hydrogen (secondary N) is 1. The van der Waals surface area contributed by atoms with Crippen molar-refractivity contribution in [3.05, 3.63) is 90.5 Å². The standard InChI is InChI=1S/C25H24N2O5S/c28-25(26-21-5-4-8-23(19-21)32-22-6-2-1-3-7-22)14-11-20-9-12-24(13-10-20)33(29,30)27-15-17-31-18-16-27/h1-14,19H,15-18H2,(H,26,28)/b14-11+. The third-order valence-electron chi connectivity index (χ3n) is 5.00. The Morgan fingerprint density at radius 3 is 2.33 bits per heavy atom. The van der Waals surface area contributed by atoms with Gasteiger partial charge in [0.25, 0.3) is 0 Å². The first kappa shape index (κ1) is 22.7. The molecule has 1 aliphatic rings. The Morgan fingerprint density at radius 1 is 0.909 bits per heavy atom. The van der Waals surface area contributed by atoms with Crippen LogP contribution in [0, 0.1) is 0 Å². The highest BCUT2D eigenvalue weighted by Gasteiger charge is 2.25. The minimum atomic E-state index is -3.54. The van der Waals surface area contributed by atoms with E-state index in [2.05, 4.69) is 5.32 Å². The number of carbonyl (C=O) groups is 1. The number of anilines is 1. The number of carbonyl (C=O) groups excluding carboxylic acids is 1. The molecule has 1 saturated heterocycles. The van der Waals surface area contributed by atoms with E-state index in [9.17, 15) is 13.2 Å². The Hall–Kier alpha value is -3.46. The van der Waals surface area contributed by atoms with Gasteiger partial charge < -0.3 is 14.8 Å². The number of sulfonamides is 1. The summed E-state index contributed by atoms with van der Waals surface area (Å²) in [6.45, 7) is 1.50. The van der Waals surface area contributed by atoms with Crippen molar-refractivity contribution in [1.82, 2.24) is 4.31 Å². The molecule has 3 aromatic carbocycles. The second kappa shape index (κ2) is 10.4. The molecular weight excluding hydrogens is 440 g/mol. The Labute approximate surface area is 193 Å². The molecule has 4 rings (SSSR count). The van der Waals surface area contributed by atoms with Gasteiger partial charge in [0, 0.05) is 30.9 Å². The van der Waals surface area contributed by atoms with Gasteiger partial charge in [0.15, 0.2) is 0 Å². The molecule has 7 nitrogen and oxygen atoms in total. The molecule has 0 saturated carbocycles. The molecule has 0 spiro atoms. The summed E-state index contributed by atoms with van der Waals surface area (Å²) in [7, 11) is -3.54. The highest BCUT2D eigenvalue weighted by molar-refractivity contribution is 7.89. The zero-order valence-electron chi connectivity index (χ0n) is 17.9. The van der Waals surface area contributed by atoms with Gasteiger partial charge in [-0.25, -0.2) is 8.42 Å². The smallest absolute Gasteiger partial charge is 0.248 e. The molecule has 0 radical (unpaired) electrons. The first-order chi connectivity index (χ1) is 16.0. The maximum absolute atomic E-state index is 12.7. The van der Waals surface area contributed by atoms with Crippen LogP contribution in [0.4, 0.5) is 5.69 Å². The monoisotopic (exact) mass is 464 g/mol. The summed E-state index contributed by atoms with van der Waals surface area (Å²) in [6, 6.07) is 22.9. The summed E-state index contributed by atoms with van der Waals surface area (Å²) in [5.41, 5.74) is 1.32. The average Bonchev–Trinajstić information content (AvgIpc) is 2.84. The summed E-state index contributed by atoms with van der Waals surface area (Å²) in [5, 5.41) is 2.80. The van der Waals surface area contributed by atoms with Gasteiger partial charge in [-0.2, -0.15) is 4.31 Å². The largest absolute Gasteiger partial charge is 0.457 e. The van der Waals surface area contributed by atoms with Crippen LogP contribution in [0.25, 0.3) is 6.08 Å². The minimum Gasteiger partial charge on any atom is -0.457 e. The quantitative estimate of drug-likeness (QED) is 0.531. The lowest BCUT2D eigenvalue weighted by atomic mass is 10.2. The van der Waals surface area contributed by atoms with E-state index < -0.39 is 10.0 Å². The Balaban J connectivity index is 1.36. The molecule has 1 N–H and O–H groups in total.